The van der Waals surface area contributed by atoms with Crippen LogP contribution in [0.3, 0.4) is 0 Å². The Labute approximate surface area is 149 Å². The van der Waals surface area contributed by atoms with E-state index >= 15 is 0 Å². The number of piperidine rings is 3. The third kappa shape index (κ3) is 2.19. The van der Waals surface area contributed by atoms with E-state index in [2.05, 4.69) is 4.90 Å². The first-order chi connectivity index (χ1) is 11.6. The monoisotopic (exact) mass is 363 g/mol. The highest BCUT2D eigenvalue weighted by Gasteiger charge is 2.60. The van der Waals surface area contributed by atoms with Crippen LogP contribution in [-0.2, 0) is 0 Å². The molecule has 2 bridgehead atoms. The fourth-order valence-corrected chi connectivity index (χ4v) is 6.33. The molecule has 1 atom stereocenters. The lowest BCUT2D eigenvalue weighted by Crippen LogP contribution is -2.57. The van der Waals surface area contributed by atoms with Crippen LogP contribution in [0.1, 0.15) is 41.8 Å². The van der Waals surface area contributed by atoms with Crippen molar-refractivity contribution in [2.45, 2.75) is 37.6 Å². The minimum absolute atomic E-state index is 0.123. The quantitative estimate of drug-likeness (QED) is 0.703. The van der Waals surface area contributed by atoms with Gasteiger partial charge in [0.2, 0.25) is 0 Å². The van der Waals surface area contributed by atoms with Gasteiger partial charge in [0.25, 0.3) is 0 Å². The summed E-state index contributed by atoms with van der Waals surface area (Å²) in [5.74, 6) is 1.02. The smallest absolute Gasteiger partial charge is 0.173 e. The van der Waals surface area contributed by atoms with Crippen LogP contribution in [0.2, 0.25) is 5.02 Å². The van der Waals surface area contributed by atoms with E-state index in [0.717, 1.165) is 15.0 Å². The van der Waals surface area contributed by atoms with Crippen LogP contribution in [-0.4, -0.2) is 29.3 Å². The highest BCUT2D eigenvalue weighted by Crippen LogP contribution is 2.58. The third-order valence-corrected chi connectivity index (χ3v) is 7.86. The van der Waals surface area contributed by atoms with Gasteiger partial charge in [-0.3, -0.25) is 9.69 Å². The number of ketones is 1. The van der Waals surface area contributed by atoms with E-state index in [9.17, 15) is 9.18 Å². The standard InChI is InChI=1S/C19H19ClFNOS/c20-14-10-17-12(7-15(14)21)8-18(24-17)16(23)9-13-11-1-5-22(6-2-11)19(13)3-4-19/h7-8,10-11,13H,1-6,9H2/t13-/m1/s1. The normalized spacial score (nSPS) is 30.2. The molecule has 0 N–H and O–H groups in total. The number of rotatable bonds is 3. The Balaban J connectivity index is 1.43. The largest absolute Gasteiger partial charge is 0.297 e. The minimum Gasteiger partial charge on any atom is -0.297 e. The molecule has 2 aromatic rings. The lowest BCUT2D eigenvalue weighted by Gasteiger charge is -2.52. The Bertz CT molecular complexity index is 796. The number of Topliss-reactive ketones (excluding diaryl/α,β-unsaturated/α-hetero) is 1. The summed E-state index contributed by atoms with van der Waals surface area (Å²) in [5, 5.41) is 0.901. The first kappa shape index (κ1) is 15.3. The van der Waals surface area contributed by atoms with Gasteiger partial charge in [-0.2, -0.15) is 0 Å². The first-order valence-electron chi connectivity index (χ1n) is 8.74. The molecule has 2 nitrogen and oxygen atoms in total. The lowest BCUT2D eigenvalue weighted by atomic mass is 9.70. The van der Waals surface area contributed by atoms with Gasteiger partial charge in [0, 0.05) is 16.7 Å². The second-order valence-corrected chi connectivity index (χ2v) is 9.07. The van der Waals surface area contributed by atoms with Crippen LogP contribution < -0.4 is 0 Å². The van der Waals surface area contributed by atoms with Crippen LogP contribution in [0.4, 0.5) is 4.39 Å². The Morgan fingerprint density at radius 3 is 2.75 bits per heavy atom. The maximum Gasteiger partial charge on any atom is 0.173 e. The van der Waals surface area contributed by atoms with E-state index < -0.39 is 5.82 Å². The van der Waals surface area contributed by atoms with Crippen molar-refractivity contribution in [1.82, 2.24) is 4.90 Å². The van der Waals surface area contributed by atoms with E-state index in [-0.39, 0.29) is 10.8 Å². The zero-order valence-corrected chi connectivity index (χ0v) is 14.9. The van der Waals surface area contributed by atoms with Crippen LogP contribution in [0.5, 0.6) is 0 Å². The molecule has 6 rings (SSSR count). The number of benzene rings is 1. The van der Waals surface area contributed by atoms with Crippen LogP contribution in [0, 0.1) is 17.7 Å². The summed E-state index contributed by atoms with van der Waals surface area (Å²) in [5.41, 5.74) is 0.336. The summed E-state index contributed by atoms with van der Waals surface area (Å²) in [4.78, 5) is 16.3. The number of thiophene rings is 1. The fraction of sp³-hybridized carbons (Fsp3) is 0.526. The zero-order valence-electron chi connectivity index (χ0n) is 13.4. The number of hydrogen-bond acceptors (Lipinski definition) is 3. The number of halogens is 2. The number of hydrogen-bond donors (Lipinski definition) is 0. The molecule has 0 amide bonds. The van der Waals surface area contributed by atoms with Crippen LogP contribution in [0.15, 0.2) is 18.2 Å². The lowest BCUT2D eigenvalue weighted by molar-refractivity contribution is -0.0273. The molecule has 0 radical (unpaired) electrons. The molecule has 4 heterocycles. The van der Waals surface area contributed by atoms with Gasteiger partial charge in [-0.1, -0.05) is 11.6 Å². The molecule has 1 aliphatic carbocycles. The van der Waals surface area contributed by atoms with Crippen molar-refractivity contribution in [3.05, 3.63) is 33.9 Å². The molecule has 3 saturated heterocycles. The predicted octanol–water partition coefficient (Wildman–Crippen LogP) is 5.14. The Hall–Kier alpha value is -0.970. The molecule has 3 aliphatic heterocycles. The van der Waals surface area contributed by atoms with Crippen molar-refractivity contribution >= 4 is 38.8 Å². The van der Waals surface area contributed by atoms with E-state index in [0.29, 0.717) is 23.8 Å². The summed E-state index contributed by atoms with van der Waals surface area (Å²) >= 11 is 7.30. The Morgan fingerprint density at radius 2 is 2.04 bits per heavy atom. The molecule has 1 saturated carbocycles. The van der Waals surface area contributed by atoms with Crippen molar-refractivity contribution < 1.29 is 9.18 Å². The Morgan fingerprint density at radius 1 is 1.29 bits per heavy atom. The van der Waals surface area contributed by atoms with Gasteiger partial charge in [0.1, 0.15) is 5.82 Å². The molecule has 1 aromatic carbocycles. The fourth-order valence-electron chi connectivity index (χ4n) is 5.06. The minimum atomic E-state index is -0.421. The van der Waals surface area contributed by atoms with Gasteiger partial charge < -0.3 is 0 Å². The SMILES string of the molecule is O=C(C[C@@H]1C2CCN(CC2)C12CC2)c1cc2cc(F)c(Cl)cc2s1. The number of carbonyl (C=O) groups is 1. The van der Waals surface area contributed by atoms with E-state index in [1.54, 1.807) is 6.07 Å². The van der Waals surface area contributed by atoms with Crippen LogP contribution >= 0.6 is 22.9 Å². The summed E-state index contributed by atoms with van der Waals surface area (Å²) in [6.45, 7) is 2.44. The maximum absolute atomic E-state index is 13.6. The summed E-state index contributed by atoms with van der Waals surface area (Å²) in [6, 6.07) is 4.90. The molecule has 4 aliphatic rings. The van der Waals surface area contributed by atoms with Crippen LogP contribution in [0.25, 0.3) is 10.1 Å². The third-order valence-electron chi connectivity index (χ3n) is 6.43. The molecular weight excluding hydrogens is 345 g/mol. The molecule has 1 aromatic heterocycles. The zero-order chi connectivity index (χ0) is 16.5. The Kier molecular flexibility index (Phi) is 3.35. The van der Waals surface area contributed by atoms with Crippen molar-refractivity contribution in [3.63, 3.8) is 0 Å². The van der Waals surface area contributed by atoms with E-state index in [1.165, 1.54) is 56.2 Å². The molecule has 4 fully saturated rings. The van der Waals surface area contributed by atoms with Crippen molar-refractivity contribution in [1.29, 1.82) is 0 Å². The first-order valence-corrected chi connectivity index (χ1v) is 9.93. The molecular formula is C19H19ClFNOS. The molecule has 126 valence electrons. The van der Waals surface area contributed by atoms with E-state index in [4.69, 9.17) is 11.6 Å². The number of fused-ring (bicyclic) bond motifs is 3. The van der Waals surface area contributed by atoms with Crippen molar-refractivity contribution in [2.75, 3.05) is 13.1 Å². The van der Waals surface area contributed by atoms with Gasteiger partial charge in [0.05, 0.1) is 9.90 Å². The summed E-state index contributed by atoms with van der Waals surface area (Å²) in [7, 11) is 0. The maximum atomic E-state index is 13.6. The average molecular weight is 364 g/mol. The van der Waals surface area contributed by atoms with Gasteiger partial charge in [-0.25, -0.2) is 4.39 Å². The molecule has 0 unspecified atom stereocenters. The van der Waals surface area contributed by atoms with Gasteiger partial charge in [0.15, 0.2) is 5.78 Å². The topological polar surface area (TPSA) is 20.3 Å². The summed E-state index contributed by atoms with van der Waals surface area (Å²) in [6.07, 6.45) is 5.65. The molecule has 1 spiro atoms. The highest BCUT2D eigenvalue weighted by molar-refractivity contribution is 7.20. The van der Waals surface area contributed by atoms with Gasteiger partial charge >= 0.3 is 0 Å². The average Bonchev–Trinajstić information content (AvgIpc) is 3.25. The van der Waals surface area contributed by atoms with Crippen molar-refractivity contribution in [2.24, 2.45) is 11.8 Å². The second-order valence-electron chi connectivity index (χ2n) is 7.58. The highest BCUT2D eigenvalue weighted by atomic mass is 35.5. The number of carbonyl (C=O) groups excluding carboxylic acids is 1. The summed E-state index contributed by atoms with van der Waals surface area (Å²) < 4.78 is 14.5. The molecule has 5 heteroatoms. The predicted molar refractivity (Wildman–Crippen MR) is 95.5 cm³/mol. The molecule has 24 heavy (non-hydrogen) atoms. The van der Waals surface area contributed by atoms with Crippen molar-refractivity contribution in [3.8, 4) is 0 Å². The number of nitrogens with zero attached hydrogens (tertiary/aromatic N) is 1. The van der Waals surface area contributed by atoms with E-state index in [1.807, 2.05) is 6.07 Å². The van der Waals surface area contributed by atoms with Gasteiger partial charge in [-0.05, 0) is 74.2 Å². The second kappa shape index (κ2) is 5.26. The van der Waals surface area contributed by atoms with Gasteiger partial charge in [-0.15, -0.1) is 11.3 Å².